The molecule has 0 aliphatic carbocycles. The van der Waals surface area contributed by atoms with Crippen LogP contribution in [0.5, 0.6) is 0 Å². The maximum atomic E-state index is 12.3. The minimum absolute atomic E-state index is 0.0309. The summed E-state index contributed by atoms with van der Waals surface area (Å²) in [7, 11) is 0. The Morgan fingerprint density at radius 1 is 1.04 bits per heavy atom. The predicted octanol–water partition coefficient (Wildman–Crippen LogP) is 4.70. The first-order valence-corrected chi connectivity index (χ1v) is 9.81. The zero-order valence-corrected chi connectivity index (χ0v) is 16.7. The van der Waals surface area contributed by atoms with E-state index in [9.17, 15) is 9.59 Å². The van der Waals surface area contributed by atoms with Crippen LogP contribution in [0, 0.1) is 17.2 Å². The van der Waals surface area contributed by atoms with Crippen molar-refractivity contribution in [3.05, 3.63) is 54.1 Å². The lowest BCUT2D eigenvalue weighted by atomic mass is 10.0. The third-order valence-corrected chi connectivity index (χ3v) is 5.31. The van der Waals surface area contributed by atoms with Crippen molar-refractivity contribution in [2.24, 2.45) is 5.92 Å². The third-order valence-electron chi connectivity index (χ3n) is 4.08. The number of hydrogen-bond donors (Lipinski definition) is 1. The summed E-state index contributed by atoms with van der Waals surface area (Å²) in [4.78, 5) is 24.7. The van der Waals surface area contributed by atoms with Gasteiger partial charge < -0.3 is 5.32 Å². The second-order valence-corrected chi connectivity index (χ2v) is 8.05. The van der Waals surface area contributed by atoms with Crippen LogP contribution in [0.4, 0.5) is 0 Å². The van der Waals surface area contributed by atoms with Gasteiger partial charge in [-0.1, -0.05) is 50.2 Å². The monoisotopic (exact) mass is 380 g/mol. The van der Waals surface area contributed by atoms with Crippen LogP contribution in [0.25, 0.3) is 11.1 Å². The van der Waals surface area contributed by atoms with E-state index in [1.54, 1.807) is 6.92 Å². The van der Waals surface area contributed by atoms with Crippen LogP contribution in [0.15, 0.2) is 53.4 Å². The van der Waals surface area contributed by atoms with Gasteiger partial charge in [-0.15, -0.1) is 11.8 Å². The highest BCUT2D eigenvalue weighted by molar-refractivity contribution is 8.00. The maximum absolute atomic E-state index is 12.3. The number of nitrogens with zero attached hydrogens (tertiary/aromatic N) is 1. The average Bonchev–Trinajstić information content (AvgIpc) is 2.66. The fraction of sp³-hybridized carbons (Fsp3) is 0.318. The third kappa shape index (κ3) is 6.26. The number of carbonyl (C=O) groups is 2. The maximum Gasteiger partial charge on any atom is 0.234 e. The summed E-state index contributed by atoms with van der Waals surface area (Å²) in [5.74, 6) is 0.340. The predicted molar refractivity (Wildman–Crippen MR) is 110 cm³/mol. The Hall–Kier alpha value is -2.58. The van der Waals surface area contributed by atoms with Crippen LogP contribution in [0.1, 0.15) is 37.6 Å². The van der Waals surface area contributed by atoms with E-state index < -0.39 is 0 Å². The zero-order valence-electron chi connectivity index (χ0n) is 15.9. The molecule has 4 nitrogen and oxygen atoms in total. The molecule has 0 heterocycles. The minimum Gasteiger partial charge on any atom is -0.342 e. The van der Waals surface area contributed by atoms with E-state index in [1.807, 2.05) is 54.6 Å². The molecule has 1 amide bonds. The minimum atomic E-state index is -0.223. The van der Waals surface area contributed by atoms with Gasteiger partial charge in [-0.05, 0) is 42.5 Å². The number of hydrogen-bond acceptors (Lipinski definition) is 4. The van der Waals surface area contributed by atoms with E-state index in [-0.39, 0.29) is 23.5 Å². The number of ketones is 1. The molecule has 0 fully saturated rings. The van der Waals surface area contributed by atoms with Gasteiger partial charge in [-0.2, -0.15) is 5.26 Å². The highest BCUT2D eigenvalue weighted by Gasteiger charge is 2.20. The van der Waals surface area contributed by atoms with Crippen molar-refractivity contribution in [3.63, 3.8) is 0 Å². The lowest BCUT2D eigenvalue weighted by Gasteiger charge is -2.17. The Morgan fingerprint density at radius 2 is 1.59 bits per heavy atom. The molecule has 0 spiro atoms. The molecule has 1 N–H and O–H groups in total. The first kappa shape index (κ1) is 20.7. The first-order chi connectivity index (χ1) is 12.9. The Bertz CT molecular complexity index is 821. The Balaban J connectivity index is 2.11. The summed E-state index contributed by atoms with van der Waals surface area (Å²) in [5.41, 5.74) is 2.80. The van der Waals surface area contributed by atoms with E-state index in [2.05, 4.69) is 19.2 Å². The van der Waals surface area contributed by atoms with Gasteiger partial charge in [-0.3, -0.25) is 9.59 Å². The van der Waals surface area contributed by atoms with Gasteiger partial charge >= 0.3 is 0 Å². The van der Waals surface area contributed by atoms with E-state index in [0.717, 1.165) is 22.4 Å². The largest absolute Gasteiger partial charge is 0.342 e. The highest BCUT2D eigenvalue weighted by Crippen LogP contribution is 2.30. The summed E-state index contributed by atoms with van der Waals surface area (Å²) < 4.78 is 0. The molecule has 0 saturated heterocycles. The lowest BCUT2D eigenvalue weighted by molar-refractivity contribution is -0.120. The van der Waals surface area contributed by atoms with E-state index in [1.165, 1.54) is 11.8 Å². The van der Waals surface area contributed by atoms with Crippen LogP contribution >= 0.6 is 11.8 Å². The van der Waals surface area contributed by atoms with Crippen molar-refractivity contribution in [1.29, 1.82) is 5.26 Å². The number of rotatable bonds is 8. The molecule has 1 unspecified atom stereocenters. The second-order valence-electron chi connectivity index (χ2n) is 6.77. The van der Waals surface area contributed by atoms with Gasteiger partial charge in [0.15, 0.2) is 5.78 Å². The Morgan fingerprint density at radius 3 is 2.07 bits per heavy atom. The fourth-order valence-electron chi connectivity index (χ4n) is 2.66. The Labute approximate surface area is 165 Å². The quantitative estimate of drug-likeness (QED) is 0.409. The van der Waals surface area contributed by atoms with Gasteiger partial charge in [-0.25, -0.2) is 0 Å². The Kier molecular flexibility index (Phi) is 7.63. The molecule has 140 valence electrons. The van der Waals surface area contributed by atoms with E-state index >= 15 is 0 Å². The fourth-order valence-corrected chi connectivity index (χ4v) is 3.96. The molecule has 0 saturated carbocycles. The van der Waals surface area contributed by atoms with Gasteiger partial charge in [0.2, 0.25) is 5.91 Å². The number of carbonyl (C=O) groups excluding carboxylic acids is 2. The molecule has 0 bridgehead atoms. The second kappa shape index (κ2) is 9.94. The zero-order chi connectivity index (χ0) is 19.8. The smallest absolute Gasteiger partial charge is 0.234 e. The van der Waals surface area contributed by atoms with Gasteiger partial charge in [0.1, 0.15) is 6.54 Å². The van der Waals surface area contributed by atoms with Crippen LogP contribution in [0.3, 0.4) is 0 Å². The van der Waals surface area contributed by atoms with Crippen LogP contribution in [0.2, 0.25) is 0 Å². The number of nitrogens with one attached hydrogen (secondary N) is 1. The summed E-state index contributed by atoms with van der Waals surface area (Å²) in [6.45, 7) is 5.75. The highest BCUT2D eigenvalue weighted by atomic mass is 32.2. The first-order valence-electron chi connectivity index (χ1n) is 8.93. The number of benzene rings is 2. The molecular formula is C22H24N2O2S. The number of amides is 1. The van der Waals surface area contributed by atoms with Crippen molar-refractivity contribution < 1.29 is 9.59 Å². The van der Waals surface area contributed by atoms with Gasteiger partial charge in [0.25, 0.3) is 0 Å². The number of nitriles is 1. The summed E-state index contributed by atoms with van der Waals surface area (Å²) >= 11 is 1.52. The molecular weight excluding hydrogens is 356 g/mol. The molecule has 0 aliphatic rings. The van der Waals surface area contributed by atoms with Crippen molar-refractivity contribution >= 4 is 23.5 Å². The molecule has 0 radical (unpaired) electrons. The van der Waals surface area contributed by atoms with E-state index in [4.69, 9.17) is 5.26 Å². The molecule has 5 heteroatoms. The van der Waals surface area contributed by atoms with Crippen LogP contribution in [-0.4, -0.2) is 23.5 Å². The summed E-state index contributed by atoms with van der Waals surface area (Å²) in [6, 6.07) is 17.5. The van der Waals surface area contributed by atoms with Crippen LogP contribution < -0.4 is 5.32 Å². The lowest BCUT2D eigenvalue weighted by Crippen LogP contribution is -2.33. The van der Waals surface area contributed by atoms with Gasteiger partial charge in [0.05, 0.1) is 11.3 Å². The SMILES string of the molecule is CC(=O)c1ccc(-c2ccc(SC(CC(C)C)C(=O)NCC#N)cc2)cc1. The normalized spacial score (nSPS) is 11.7. The average molecular weight is 381 g/mol. The van der Waals surface area contributed by atoms with Crippen LogP contribution in [-0.2, 0) is 4.79 Å². The molecule has 2 rings (SSSR count). The van der Waals surface area contributed by atoms with Crippen molar-refractivity contribution in [2.45, 2.75) is 37.3 Å². The van der Waals surface area contributed by atoms with Crippen molar-refractivity contribution in [3.8, 4) is 17.2 Å². The standard InChI is InChI=1S/C22H24N2O2S/c1-15(2)14-21(22(26)24-13-12-23)27-20-10-8-19(9-11-20)18-6-4-17(5-7-18)16(3)25/h4-11,15,21H,13-14H2,1-3H3,(H,24,26). The molecule has 1 atom stereocenters. The van der Waals surface area contributed by atoms with Crippen molar-refractivity contribution in [1.82, 2.24) is 5.32 Å². The number of Topliss-reactive ketones (excluding diaryl/α,β-unsaturated/α-hetero) is 1. The van der Waals surface area contributed by atoms with E-state index in [0.29, 0.717) is 11.5 Å². The molecule has 2 aromatic carbocycles. The topological polar surface area (TPSA) is 70.0 Å². The van der Waals surface area contributed by atoms with Gasteiger partial charge in [0, 0.05) is 10.5 Å². The molecule has 0 aliphatic heterocycles. The van der Waals surface area contributed by atoms with Crippen molar-refractivity contribution in [2.75, 3.05) is 6.54 Å². The molecule has 0 aromatic heterocycles. The number of thioether (sulfide) groups is 1. The summed E-state index contributed by atoms with van der Waals surface area (Å²) in [5, 5.41) is 11.1. The molecule has 27 heavy (non-hydrogen) atoms. The molecule has 2 aromatic rings. The summed E-state index contributed by atoms with van der Waals surface area (Å²) in [6.07, 6.45) is 0.746.